The first-order chi connectivity index (χ1) is 12.2. The minimum absolute atomic E-state index is 0.129. The van der Waals surface area contributed by atoms with Gasteiger partial charge in [0.05, 0.1) is 12.2 Å². The van der Waals surface area contributed by atoms with Crippen LogP contribution in [-0.2, 0) is 17.8 Å². The molecule has 3 aromatic rings. The van der Waals surface area contributed by atoms with Crippen LogP contribution in [0.25, 0.3) is 5.52 Å². The van der Waals surface area contributed by atoms with E-state index in [9.17, 15) is 9.59 Å². The van der Waals surface area contributed by atoms with E-state index in [1.54, 1.807) is 11.0 Å². The van der Waals surface area contributed by atoms with Gasteiger partial charge in [-0.05, 0) is 18.9 Å². The molecule has 0 bridgehead atoms. The van der Waals surface area contributed by atoms with Gasteiger partial charge in [-0.1, -0.05) is 12.1 Å². The van der Waals surface area contributed by atoms with Gasteiger partial charge in [0, 0.05) is 13.0 Å². The van der Waals surface area contributed by atoms with Crippen LogP contribution in [0.3, 0.4) is 0 Å². The van der Waals surface area contributed by atoms with Gasteiger partial charge < -0.3 is 9.42 Å². The quantitative estimate of drug-likeness (QED) is 0.665. The predicted molar refractivity (Wildman–Crippen MR) is 84.6 cm³/mol. The Morgan fingerprint density at radius 2 is 2.28 bits per heavy atom. The highest BCUT2D eigenvalue weighted by atomic mass is 16.5. The van der Waals surface area contributed by atoms with Crippen molar-refractivity contribution < 1.29 is 9.32 Å². The van der Waals surface area contributed by atoms with Crippen LogP contribution in [0, 0.1) is 0 Å². The van der Waals surface area contributed by atoms with Crippen LogP contribution >= 0.6 is 0 Å². The van der Waals surface area contributed by atoms with E-state index in [0.29, 0.717) is 30.2 Å². The summed E-state index contributed by atoms with van der Waals surface area (Å²) < 4.78 is 7.69. The van der Waals surface area contributed by atoms with Crippen LogP contribution in [0.5, 0.6) is 0 Å². The molecule has 3 aromatic heterocycles. The van der Waals surface area contributed by atoms with Gasteiger partial charge in [-0.3, -0.25) is 9.59 Å². The molecule has 0 radical (unpaired) electrons. The highest BCUT2D eigenvalue weighted by Crippen LogP contribution is 2.30. The van der Waals surface area contributed by atoms with E-state index < -0.39 is 0 Å². The third-order valence-electron chi connectivity index (χ3n) is 4.37. The molecule has 1 saturated heterocycles. The largest absolute Gasteiger partial charge is 0.339 e. The number of hydrogen-bond acceptors (Lipinski definition) is 7. The van der Waals surface area contributed by atoms with Crippen molar-refractivity contribution in [3.8, 4) is 0 Å². The zero-order valence-electron chi connectivity index (χ0n) is 13.7. The molecule has 0 N–H and O–H groups in total. The van der Waals surface area contributed by atoms with Gasteiger partial charge in [-0.25, -0.2) is 9.20 Å². The van der Waals surface area contributed by atoms with Crippen LogP contribution in [-0.4, -0.2) is 46.9 Å². The lowest BCUT2D eigenvalue weighted by molar-refractivity contribution is -0.133. The number of amides is 1. The van der Waals surface area contributed by atoms with Crippen molar-refractivity contribution in [2.45, 2.75) is 38.8 Å². The van der Waals surface area contributed by atoms with E-state index in [-0.39, 0.29) is 24.1 Å². The second-order valence-electron chi connectivity index (χ2n) is 5.90. The summed E-state index contributed by atoms with van der Waals surface area (Å²) in [7, 11) is 0. The molecule has 1 aliphatic heterocycles. The molecule has 0 saturated carbocycles. The monoisotopic (exact) mass is 343 g/mol. The maximum atomic E-state index is 12.7. The molecule has 0 spiro atoms. The fourth-order valence-electron chi connectivity index (χ4n) is 3.08. The molecular weight excluding hydrogens is 326 g/mol. The molecule has 10 heteroatoms. The van der Waals surface area contributed by atoms with E-state index in [0.717, 1.165) is 17.5 Å². The van der Waals surface area contributed by atoms with E-state index in [1.807, 2.05) is 6.92 Å². The lowest BCUT2D eigenvalue weighted by atomic mass is 10.2. The molecule has 1 fully saturated rings. The van der Waals surface area contributed by atoms with Crippen LogP contribution in [0.2, 0.25) is 0 Å². The van der Waals surface area contributed by atoms with Crippen molar-refractivity contribution in [2.24, 2.45) is 0 Å². The number of hydrogen-bond donors (Lipinski definition) is 0. The van der Waals surface area contributed by atoms with Gasteiger partial charge in [0.2, 0.25) is 11.8 Å². The summed E-state index contributed by atoms with van der Waals surface area (Å²) in [6, 6.07) is 1.38. The van der Waals surface area contributed by atoms with E-state index >= 15 is 0 Å². The number of aromatic nitrogens is 6. The summed E-state index contributed by atoms with van der Waals surface area (Å²) in [5.74, 6) is 0.886. The standard InChI is InChI=1S/C15H17N7O3/c1-2-12-18-14(19-25-12)10-4-3-7-20(10)13(23)8-21-15(24)11-5-6-16-22(11)9-17-21/h5-6,9-10H,2-4,7-8H2,1H3/t10-/m0/s1. The van der Waals surface area contributed by atoms with Gasteiger partial charge >= 0.3 is 0 Å². The zero-order chi connectivity index (χ0) is 17.4. The fraction of sp³-hybridized carbons (Fsp3) is 0.467. The van der Waals surface area contributed by atoms with Gasteiger partial charge in [-0.15, -0.1) is 0 Å². The van der Waals surface area contributed by atoms with Crippen molar-refractivity contribution in [3.05, 3.63) is 40.7 Å². The number of likely N-dealkylation sites (tertiary alicyclic amines) is 1. The molecule has 25 heavy (non-hydrogen) atoms. The van der Waals surface area contributed by atoms with Crippen LogP contribution < -0.4 is 5.56 Å². The Hall–Kier alpha value is -3.04. The molecule has 0 aliphatic carbocycles. The van der Waals surface area contributed by atoms with Gasteiger partial charge in [0.25, 0.3) is 5.56 Å². The molecule has 4 heterocycles. The third-order valence-corrected chi connectivity index (χ3v) is 4.37. The number of nitrogens with zero attached hydrogens (tertiary/aromatic N) is 7. The number of fused-ring (bicyclic) bond motifs is 1. The van der Waals surface area contributed by atoms with Crippen molar-refractivity contribution in [1.29, 1.82) is 0 Å². The summed E-state index contributed by atoms with van der Waals surface area (Å²) in [5.41, 5.74) is 0.0310. The summed E-state index contributed by atoms with van der Waals surface area (Å²) >= 11 is 0. The minimum atomic E-state index is -0.350. The lowest BCUT2D eigenvalue weighted by Gasteiger charge is -2.22. The summed E-state index contributed by atoms with van der Waals surface area (Å²) in [6.07, 6.45) is 5.22. The Labute approximate surface area is 142 Å². The zero-order valence-corrected chi connectivity index (χ0v) is 13.7. The second kappa shape index (κ2) is 6.11. The van der Waals surface area contributed by atoms with Crippen LogP contribution in [0.4, 0.5) is 0 Å². The molecule has 1 atom stereocenters. The minimum Gasteiger partial charge on any atom is -0.339 e. The molecule has 1 aliphatic rings. The molecule has 4 rings (SSSR count). The van der Waals surface area contributed by atoms with Crippen molar-refractivity contribution in [1.82, 2.24) is 34.4 Å². The van der Waals surface area contributed by atoms with E-state index in [4.69, 9.17) is 4.52 Å². The molecule has 0 aromatic carbocycles. The smallest absolute Gasteiger partial charge is 0.293 e. The third kappa shape index (κ3) is 2.69. The van der Waals surface area contributed by atoms with Gasteiger partial charge in [0.15, 0.2) is 5.82 Å². The Kier molecular flexibility index (Phi) is 3.79. The fourth-order valence-corrected chi connectivity index (χ4v) is 3.08. The van der Waals surface area contributed by atoms with E-state index in [2.05, 4.69) is 20.3 Å². The van der Waals surface area contributed by atoms with Crippen LogP contribution in [0.1, 0.15) is 37.5 Å². The number of carbonyl (C=O) groups excluding carboxylic acids is 1. The SMILES string of the molecule is CCc1nc([C@@H]2CCCN2C(=O)Cn2ncn3nccc3c2=O)no1. The molecule has 130 valence electrons. The molecule has 1 amide bonds. The van der Waals surface area contributed by atoms with Crippen LogP contribution in [0.15, 0.2) is 27.9 Å². The van der Waals surface area contributed by atoms with Crippen molar-refractivity contribution >= 4 is 11.4 Å². The maximum absolute atomic E-state index is 12.7. The Balaban J connectivity index is 1.56. The Morgan fingerprint density at radius 1 is 1.40 bits per heavy atom. The number of rotatable bonds is 4. The average Bonchev–Trinajstić information content (AvgIpc) is 3.36. The maximum Gasteiger partial charge on any atom is 0.293 e. The first kappa shape index (κ1) is 15.5. The molecule has 10 nitrogen and oxygen atoms in total. The second-order valence-corrected chi connectivity index (χ2v) is 5.90. The Bertz CT molecular complexity index is 973. The van der Waals surface area contributed by atoms with Gasteiger partial charge in [0.1, 0.15) is 18.4 Å². The number of aryl methyl sites for hydroxylation is 1. The van der Waals surface area contributed by atoms with Gasteiger partial charge in [-0.2, -0.15) is 15.2 Å². The number of carbonyl (C=O) groups is 1. The lowest BCUT2D eigenvalue weighted by Crippen LogP contribution is -2.37. The summed E-state index contributed by atoms with van der Waals surface area (Å²) in [5, 5.41) is 12.0. The predicted octanol–water partition coefficient (Wildman–Crippen LogP) is 0.200. The average molecular weight is 343 g/mol. The summed E-state index contributed by atoms with van der Waals surface area (Å²) in [4.78, 5) is 31.1. The Morgan fingerprint density at radius 3 is 3.08 bits per heavy atom. The highest BCUT2D eigenvalue weighted by Gasteiger charge is 2.33. The first-order valence-electron chi connectivity index (χ1n) is 8.18. The normalized spacial score (nSPS) is 17.5. The highest BCUT2D eigenvalue weighted by molar-refractivity contribution is 5.76. The van der Waals surface area contributed by atoms with E-state index in [1.165, 1.54) is 17.0 Å². The van der Waals surface area contributed by atoms with Crippen molar-refractivity contribution in [3.63, 3.8) is 0 Å². The molecular formula is C15H17N7O3. The topological polar surface area (TPSA) is 111 Å². The molecule has 0 unspecified atom stereocenters. The first-order valence-corrected chi connectivity index (χ1v) is 8.18. The van der Waals surface area contributed by atoms with Crippen molar-refractivity contribution in [2.75, 3.05) is 6.54 Å². The summed E-state index contributed by atoms with van der Waals surface area (Å²) in [6.45, 7) is 2.40.